The van der Waals surface area contributed by atoms with Gasteiger partial charge in [-0.05, 0) is 50.6 Å². The van der Waals surface area contributed by atoms with E-state index in [9.17, 15) is 4.79 Å². The van der Waals surface area contributed by atoms with Crippen molar-refractivity contribution in [3.8, 4) is 11.5 Å². The van der Waals surface area contributed by atoms with Crippen molar-refractivity contribution in [2.75, 3.05) is 19.8 Å². The summed E-state index contributed by atoms with van der Waals surface area (Å²) in [6.07, 6.45) is 3.56. The number of aryl methyl sites for hydroxylation is 2. The Labute approximate surface area is 136 Å². The smallest absolute Gasteiger partial charge is 0.292 e. The minimum absolute atomic E-state index is 0.111. The van der Waals surface area contributed by atoms with Gasteiger partial charge < -0.3 is 19.8 Å². The first-order chi connectivity index (χ1) is 11.2. The van der Waals surface area contributed by atoms with Crippen molar-refractivity contribution in [2.45, 2.75) is 26.3 Å². The maximum Gasteiger partial charge on any atom is 0.292 e. The monoisotopic (exact) mass is 316 g/mol. The fraction of sp³-hybridized carbons (Fsp3) is 0.389. The number of pyridine rings is 1. The molecule has 0 saturated carbocycles. The normalized spacial score (nSPS) is 10.5. The Hall–Kier alpha value is -2.27. The largest absolute Gasteiger partial charge is 0.490 e. The molecule has 1 aromatic carbocycles. The van der Waals surface area contributed by atoms with Crippen LogP contribution in [0.1, 0.15) is 18.4 Å². The molecule has 0 aliphatic heterocycles. The summed E-state index contributed by atoms with van der Waals surface area (Å²) in [7, 11) is 0. The first-order valence-corrected chi connectivity index (χ1v) is 7.92. The van der Waals surface area contributed by atoms with Crippen molar-refractivity contribution >= 4 is 0 Å². The molecule has 1 heterocycles. The third-order valence-electron chi connectivity index (χ3n) is 3.47. The highest BCUT2D eigenvalue weighted by Gasteiger charge is 2.04. The number of nitrogens with two attached hydrogens (primary N) is 1. The van der Waals surface area contributed by atoms with Gasteiger partial charge >= 0.3 is 0 Å². The summed E-state index contributed by atoms with van der Waals surface area (Å²) in [6, 6.07) is 11.3. The number of nitrogens with zero attached hydrogens (tertiary/aromatic N) is 1. The van der Waals surface area contributed by atoms with Crippen LogP contribution in [0.2, 0.25) is 0 Å². The summed E-state index contributed by atoms with van der Waals surface area (Å²) >= 11 is 0. The first-order valence-electron chi connectivity index (χ1n) is 7.92. The molecule has 2 N–H and O–H groups in total. The van der Waals surface area contributed by atoms with Crippen molar-refractivity contribution in [1.29, 1.82) is 0 Å². The Morgan fingerprint density at radius 3 is 2.52 bits per heavy atom. The van der Waals surface area contributed by atoms with E-state index in [1.54, 1.807) is 16.8 Å². The lowest BCUT2D eigenvalue weighted by atomic mass is 10.2. The molecule has 2 aromatic rings. The van der Waals surface area contributed by atoms with E-state index >= 15 is 0 Å². The minimum atomic E-state index is -0.111. The third kappa shape index (κ3) is 5.45. The molecule has 1 aromatic heterocycles. The molecule has 0 atom stereocenters. The molecule has 0 aliphatic carbocycles. The highest BCUT2D eigenvalue weighted by Crippen LogP contribution is 2.11. The summed E-state index contributed by atoms with van der Waals surface area (Å²) < 4.78 is 12.8. The number of benzene rings is 1. The van der Waals surface area contributed by atoms with Gasteiger partial charge in [0.1, 0.15) is 19.0 Å². The topological polar surface area (TPSA) is 66.5 Å². The van der Waals surface area contributed by atoms with E-state index in [4.69, 9.17) is 15.2 Å². The maximum absolute atomic E-state index is 12.2. The van der Waals surface area contributed by atoms with Crippen molar-refractivity contribution in [1.82, 2.24) is 4.57 Å². The van der Waals surface area contributed by atoms with E-state index in [1.165, 1.54) is 5.56 Å². The van der Waals surface area contributed by atoms with Crippen LogP contribution in [0.4, 0.5) is 0 Å². The Balaban J connectivity index is 1.82. The summed E-state index contributed by atoms with van der Waals surface area (Å²) in [5.41, 5.74) is 6.55. The van der Waals surface area contributed by atoms with E-state index in [2.05, 4.69) is 0 Å². The number of unbranched alkanes of at least 4 members (excludes halogenated alkanes) is 1. The van der Waals surface area contributed by atoms with Gasteiger partial charge in [-0.1, -0.05) is 17.7 Å². The van der Waals surface area contributed by atoms with Gasteiger partial charge in [-0.2, -0.15) is 0 Å². The van der Waals surface area contributed by atoms with Gasteiger partial charge in [0.15, 0.2) is 5.75 Å². The van der Waals surface area contributed by atoms with E-state index in [0.29, 0.717) is 32.1 Å². The molecule has 0 fully saturated rings. The van der Waals surface area contributed by atoms with Crippen molar-refractivity contribution in [2.24, 2.45) is 5.73 Å². The molecule has 0 spiro atoms. The predicted molar refractivity (Wildman–Crippen MR) is 91.2 cm³/mol. The molecular weight excluding hydrogens is 292 g/mol. The average Bonchev–Trinajstić information content (AvgIpc) is 2.56. The molecule has 0 bridgehead atoms. The van der Waals surface area contributed by atoms with Gasteiger partial charge in [0.25, 0.3) is 5.56 Å². The van der Waals surface area contributed by atoms with Gasteiger partial charge in [-0.25, -0.2) is 0 Å². The first kappa shape index (κ1) is 17.1. The maximum atomic E-state index is 12.2. The average molecular weight is 316 g/mol. The zero-order valence-corrected chi connectivity index (χ0v) is 13.5. The van der Waals surface area contributed by atoms with Crippen LogP contribution in [0.5, 0.6) is 11.5 Å². The van der Waals surface area contributed by atoms with Gasteiger partial charge in [0.2, 0.25) is 0 Å². The molecule has 0 aliphatic rings. The van der Waals surface area contributed by atoms with E-state index in [1.807, 2.05) is 37.3 Å². The Morgan fingerprint density at radius 1 is 1.04 bits per heavy atom. The fourth-order valence-electron chi connectivity index (χ4n) is 2.17. The second kappa shape index (κ2) is 9.00. The Kier molecular flexibility index (Phi) is 6.69. The van der Waals surface area contributed by atoms with E-state index in [-0.39, 0.29) is 5.56 Å². The SMILES string of the molecule is Cc1ccc(OCCOc2cccn(CCCCN)c2=O)cc1. The molecule has 0 radical (unpaired) electrons. The predicted octanol–water partition coefficient (Wildman–Crippen LogP) is 2.35. The summed E-state index contributed by atoms with van der Waals surface area (Å²) in [5, 5.41) is 0. The lowest BCUT2D eigenvalue weighted by Crippen LogP contribution is -2.23. The lowest BCUT2D eigenvalue weighted by molar-refractivity contribution is 0.214. The highest BCUT2D eigenvalue weighted by molar-refractivity contribution is 5.26. The van der Waals surface area contributed by atoms with Crippen molar-refractivity contribution in [3.05, 3.63) is 58.5 Å². The minimum Gasteiger partial charge on any atom is -0.490 e. The zero-order valence-electron chi connectivity index (χ0n) is 13.5. The third-order valence-corrected chi connectivity index (χ3v) is 3.47. The molecular formula is C18H24N2O3. The van der Waals surface area contributed by atoms with Crippen LogP contribution in [0.15, 0.2) is 47.4 Å². The summed E-state index contributed by atoms with van der Waals surface area (Å²) in [6.45, 7) is 4.05. The number of hydrogen-bond acceptors (Lipinski definition) is 4. The number of hydrogen-bond donors (Lipinski definition) is 1. The molecule has 5 heteroatoms. The van der Waals surface area contributed by atoms with Crippen molar-refractivity contribution < 1.29 is 9.47 Å². The quantitative estimate of drug-likeness (QED) is 0.721. The molecule has 0 saturated heterocycles. The van der Waals surface area contributed by atoms with Gasteiger partial charge in [0, 0.05) is 12.7 Å². The van der Waals surface area contributed by atoms with Crippen LogP contribution in [0.25, 0.3) is 0 Å². The van der Waals surface area contributed by atoms with Crippen LogP contribution in [0, 0.1) is 6.92 Å². The molecule has 0 amide bonds. The molecule has 5 nitrogen and oxygen atoms in total. The van der Waals surface area contributed by atoms with Crippen molar-refractivity contribution in [3.63, 3.8) is 0 Å². The summed E-state index contributed by atoms with van der Waals surface area (Å²) in [4.78, 5) is 12.2. The second-order valence-electron chi connectivity index (χ2n) is 5.38. The Bertz CT molecular complexity index is 650. The van der Waals surface area contributed by atoms with Crippen LogP contribution in [0.3, 0.4) is 0 Å². The molecule has 23 heavy (non-hydrogen) atoms. The van der Waals surface area contributed by atoms with Crippen LogP contribution < -0.4 is 20.8 Å². The summed E-state index contributed by atoms with van der Waals surface area (Å²) in [5.74, 6) is 1.15. The molecule has 0 unspecified atom stereocenters. The molecule has 124 valence electrons. The van der Waals surface area contributed by atoms with Gasteiger partial charge in [-0.3, -0.25) is 4.79 Å². The van der Waals surface area contributed by atoms with Crippen LogP contribution >= 0.6 is 0 Å². The number of ether oxygens (including phenoxy) is 2. The standard InChI is InChI=1S/C18H24N2O3/c1-15-6-8-16(9-7-15)22-13-14-23-17-5-4-12-20(18(17)21)11-3-2-10-19/h4-9,12H,2-3,10-11,13-14,19H2,1H3. The zero-order chi connectivity index (χ0) is 16.5. The van der Waals surface area contributed by atoms with Crippen LogP contribution in [-0.2, 0) is 6.54 Å². The number of rotatable bonds is 9. The fourth-order valence-corrected chi connectivity index (χ4v) is 2.17. The van der Waals surface area contributed by atoms with Crippen LogP contribution in [-0.4, -0.2) is 24.3 Å². The van der Waals surface area contributed by atoms with E-state index in [0.717, 1.165) is 18.6 Å². The number of aromatic nitrogens is 1. The Morgan fingerprint density at radius 2 is 1.78 bits per heavy atom. The lowest BCUT2D eigenvalue weighted by Gasteiger charge is -2.10. The second-order valence-corrected chi connectivity index (χ2v) is 5.38. The van der Waals surface area contributed by atoms with Gasteiger partial charge in [0.05, 0.1) is 0 Å². The highest BCUT2D eigenvalue weighted by atomic mass is 16.5. The molecule has 2 rings (SSSR count). The van der Waals surface area contributed by atoms with Gasteiger partial charge in [-0.15, -0.1) is 0 Å². The van der Waals surface area contributed by atoms with E-state index < -0.39 is 0 Å².